The molecule has 4 nitrogen and oxygen atoms in total. The van der Waals surface area contributed by atoms with Crippen LogP contribution in [0.15, 0.2) is 16.8 Å². The molecule has 0 radical (unpaired) electrons. The Bertz CT molecular complexity index is 351. The van der Waals surface area contributed by atoms with Gasteiger partial charge in [-0.3, -0.25) is 4.90 Å². The van der Waals surface area contributed by atoms with Gasteiger partial charge in [0.2, 0.25) is 0 Å². The van der Waals surface area contributed by atoms with Crippen LogP contribution in [-0.2, 0) is 6.54 Å². The van der Waals surface area contributed by atoms with Gasteiger partial charge in [-0.15, -0.1) is 0 Å². The van der Waals surface area contributed by atoms with Gasteiger partial charge in [-0.1, -0.05) is 12.1 Å². The van der Waals surface area contributed by atoms with Crippen molar-refractivity contribution in [3.63, 3.8) is 0 Å². The number of fused-ring (bicyclic) bond motifs is 2. The van der Waals surface area contributed by atoms with Crippen molar-refractivity contribution in [3.05, 3.63) is 18.0 Å². The first kappa shape index (κ1) is 12.2. The summed E-state index contributed by atoms with van der Waals surface area (Å²) in [6.45, 7) is 4.34. The minimum absolute atomic E-state index is 0.730. The molecular weight excluding hydrogens is 226 g/mol. The highest BCUT2D eigenvalue weighted by Crippen LogP contribution is 2.36. The lowest BCUT2D eigenvalue weighted by molar-refractivity contribution is 0.0983. The first-order valence-electron chi connectivity index (χ1n) is 7.25. The average Bonchev–Trinajstić information content (AvgIpc) is 2.95. The second-order valence-corrected chi connectivity index (χ2v) is 5.66. The monoisotopic (exact) mass is 249 g/mol. The molecule has 3 rings (SSSR count). The van der Waals surface area contributed by atoms with Crippen molar-refractivity contribution in [1.82, 2.24) is 15.4 Å². The molecule has 2 atom stereocenters. The average molecular weight is 249 g/mol. The summed E-state index contributed by atoms with van der Waals surface area (Å²) in [4.78, 5) is 2.63. The molecule has 0 amide bonds. The molecule has 2 aliphatic rings. The van der Waals surface area contributed by atoms with E-state index < -0.39 is 0 Å². The van der Waals surface area contributed by atoms with E-state index in [1.807, 2.05) is 6.07 Å². The van der Waals surface area contributed by atoms with Crippen molar-refractivity contribution in [2.75, 3.05) is 6.54 Å². The quantitative estimate of drug-likeness (QED) is 0.868. The molecule has 100 valence electrons. The number of piperidine rings is 1. The molecule has 0 spiro atoms. The predicted molar refractivity (Wildman–Crippen MR) is 70.2 cm³/mol. The molecule has 0 aliphatic carbocycles. The van der Waals surface area contributed by atoms with E-state index in [-0.39, 0.29) is 0 Å². The van der Waals surface area contributed by atoms with E-state index in [9.17, 15) is 0 Å². The Labute approximate surface area is 109 Å². The van der Waals surface area contributed by atoms with Crippen molar-refractivity contribution in [2.45, 2.75) is 63.7 Å². The summed E-state index contributed by atoms with van der Waals surface area (Å²) in [7, 11) is 0. The maximum absolute atomic E-state index is 5.25. The normalized spacial score (nSPS) is 31.9. The second kappa shape index (κ2) is 5.41. The molecule has 2 bridgehead atoms. The van der Waals surface area contributed by atoms with Crippen LogP contribution in [0, 0.1) is 0 Å². The molecule has 2 fully saturated rings. The summed E-state index contributed by atoms with van der Waals surface area (Å²) in [5.74, 6) is 1.01. The van der Waals surface area contributed by atoms with Gasteiger partial charge in [-0.2, -0.15) is 0 Å². The van der Waals surface area contributed by atoms with Crippen molar-refractivity contribution < 1.29 is 4.52 Å². The lowest BCUT2D eigenvalue weighted by Crippen LogP contribution is -2.48. The Morgan fingerprint density at radius 3 is 2.78 bits per heavy atom. The van der Waals surface area contributed by atoms with Crippen LogP contribution in [0.25, 0.3) is 0 Å². The Morgan fingerprint density at radius 1 is 1.39 bits per heavy atom. The van der Waals surface area contributed by atoms with Crippen molar-refractivity contribution in [3.8, 4) is 0 Å². The van der Waals surface area contributed by atoms with Crippen LogP contribution < -0.4 is 5.32 Å². The van der Waals surface area contributed by atoms with Crippen LogP contribution in [-0.4, -0.2) is 34.7 Å². The first-order chi connectivity index (χ1) is 8.86. The van der Waals surface area contributed by atoms with Gasteiger partial charge in [-0.05, 0) is 38.6 Å². The Kier molecular flexibility index (Phi) is 3.66. The van der Waals surface area contributed by atoms with E-state index in [4.69, 9.17) is 4.52 Å². The van der Waals surface area contributed by atoms with Crippen LogP contribution in [0.4, 0.5) is 0 Å². The molecule has 0 aromatic carbocycles. The highest BCUT2D eigenvalue weighted by Gasteiger charge is 2.40. The van der Waals surface area contributed by atoms with Crippen LogP contribution >= 0.6 is 0 Å². The van der Waals surface area contributed by atoms with E-state index in [1.54, 1.807) is 6.20 Å². The smallest absolute Gasteiger partial charge is 0.150 e. The van der Waals surface area contributed by atoms with E-state index in [0.29, 0.717) is 0 Å². The van der Waals surface area contributed by atoms with Gasteiger partial charge in [0, 0.05) is 24.2 Å². The zero-order valence-electron chi connectivity index (χ0n) is 11.1. The Morgan fingerprint density at radius 2 is 2.17 bits per heavy atom. The van der Waals surface area contributed by atoms with Gasteiger partial charge >= 0.3 is 0 Å². The second-order valence-electron chi connectivity index (χ2n) is 5.66. The number of rotatable bonds is 5. The zero-order chi connectivity index (χ0) is 12.4. The number of nitrogens with one attached hydrogen (secondary N) is 1. The van der Waals surface area contributed by atoms with Crippen LogP contribution in [0.3, 0.4) is 0 Å². The fourth-order valence-electron chi connectivity index (χ4n) is 3.55. The predicted octanol–water partition coefficient (Wildman–Crippen LogP) is 2.17. The number of aromatic nitrogens is 1. The minimum Gasteiger partial charge on any atom is -0.360 e. The highest BCUT2D eigenvalue weighted by molar-refractivity contribution is 5.01. The zero-order valence-corrected chi connectivity index (χ0v) is 11.1. The van der Waals surface area contributed by atoms with Gasteiger partial charge in [0.05, 0.1) is 12.7 Å². The van der Waals surface area contributed by atoms with Crippen LogP contribution in [0.1, 0.15) is 44.8 Å². The summed E-state index contributed by atoms with van der Waals surface area (Å²) in [5.41, 5.74) is 0. The summed E-state index contributed by atoms with van der Waals surface area (Å²) in [5, 5.41) is 7.49. The molecule has 2 aliphatic heterocycles. The Balaban J connectivity index is 1.59. The van der Waals surface area contributed by atoms with E-state index >= 15 is 0 Å². The molecule has 1 aromatic rings. The number of hydrogen-bond donors (Lipinski definition) is 1. The molecule has 18 heavy (non-hydrogen) atoms. The molecule has 1 aromatic heterocycles. The number of nitrogens with zero attached hydrogens (tertiary/aromatic N) is 2. The SMILES string of the molecule is CCCNC1CC2CCC(C1)N2Cc1ccno1. The molecule has 2 unspecified atom stereocenters. The lowest BCUT2D eigenvalue weighted by atomic mass is 9.97. The van der Waals surface area contributed by atoms with E-state index in [1.165, 1.54) is 32.1 Å². The third-order valence-electron chi connectivity index (χ3n) is 4.40. The third-order valence-corrected chi connectivity index (χ3v) is 4.40. The topological polar surface area (TPSA) is 41.3 Å². The summed E-state index contributed by atoms with van der Waals surface area (Å²) in [6.07, 6.45) is 8.27. The standard InChI is InChI=1S/C14H23N3O/c1-2-6-15-11-8-12-3-4-13(9-11)17(12)10-14-5-7-16-18-14/h5,7,11-13,15H,2-4,6,8-10H2,1H3. The molecule has 0 saturated carbocycles. The summed E-state index contributed by atoms with van der Waals surface area (Å²) in [6, 6.07) is 4.20. The fourth-order valence-corrected chi connectivity index (χ4v) is 3.55. The van der Waals surface area contributed by atoms with Crippen molar-refractivity contribution in [1.29, 1.82) is 0 Å². The van der Waals surface area contributed by atoms with Gasteiger partial charge in [0.15, 0.2) is 5.76 Å². The van der Waals surface area contributed by atoms with Gasteiger partial charge < -0.3 is 9.84 Å². The molecular formula is C14H23N3O. The maximum atomic E-state index is 5.25. The first-order valence-corrected chi connectivity index (χ1v) is 7.25. The molecule has 1 N–H and O–H groups in total. The molecule has 3 heterocycles. The largest absolute Gasteiger partial charge is 0.360 e. The highest BCUT2D eigenvalue weighted by atomic mass is 16.5. The third kappa shape index (κ3) is 2.45. The lowest BCUT2D eigenvalue weighted by Gasteiger charge is -2.38. The number of hydrogen-bond acceptors (Lipinski definition) is 4. The maximum Gasteiger partial charge on any atom is 0.150 e. The molecule has 4 heteroatoms. The van der Waals surface area contributed by atoms with Crippen LogP contribution in [0.2, 0.25) is 0 Å². The Hall–Kier alpha value is -0.870. The fraction of sp³-hybridized carbons (Fsp3) is 0.786. The molecule has 2 saturated heterocycles. The van der Waals surface area contributed by atoms with Crippen molar-refractivity contribution >= 4 is 0 Å². The minimum atomic E-state index is 0.730. The van der Waals surface area contributed by atoms with Crippen molar-refractivity contribution in [2.24, 2.45) is 0 Å². The van der Waals surface area contributed by atoms with E-state index in [2.05, 4.69) is 22.3 Å². The van der Waals surface area contributed by atoms with Gasteiger partial charge in [-0.25, -0.2) is 0 Å². The van der Waals surface area contributed by atoms with Crippen LogP contribution in [0.5, 0.6) is 0 Å². The summed E-state index contributed by atoms with van der Waals surface area (Å²) >= 11 is 0. The van der Waals surface area contributed by atoms with Gasteiger partial charge in [0.1, 0.15) is 0 Å². The van der Waals surface area contributed by atoms with Gasteiger partial charge in [0.25, 0.3) is 0 Å². The summed E-state index contributed by atoms with van der Waals surface area (Å²) < 4.78 is 5.25. The van der Waals surface area contributed by atoms with E-state index in [0.717, 1.165) is 37.0 Å².